The van der Waals surface area contributed by atoms with E-state index in [0.717, 1.165) is 11.3 Å². The number of benzene rings is 2. The van der Waals surface area contributed by atoms with Crippen molar-refractivity contribution in [2.75, 3.05) is 32.6 Å². The van der Waals surface area contributed by atoms with Crippen molar-refractivity contribution in [2.45, 2.75) is 12.5 Å². The highest BCUT2D eigenvalue weighted by atomic mass is 16.5. The molecule has 2 aromatic carbocycles. The van der Waals surface area contributed by atoms with E-state index in [2.05, 4.69) is 15.3 Å². The Bertz CT molecular complexity index is 950. The van der Waals surface area contributed by atoms with Gasteiger partial charge in [0.05, 0.1) is 32.1 Å². The Labute approximate surface area is 181 Å². The Morgan fingerprint density at radius 2 is 1.68 bits per heavy atom. The highest BCUT2D eigenvalue weighted by Gasteiger charge is 2.15. The number of nitrogens with zero attached hydrogens (tertiary/aromatic N) is 3. The minimum Gasteiger partial charge on any atom is -0.497 e. The molecule has 2 N–H and O–H groups in total. The first-order valence-electron chi connectivity index (χ1n) is 9.89. The number of nitrogens with one attached hydrogen (secondary N) is 1. The van der Waals surface area contributed by atoms with E-state index < -0.39 is 5.97 Å². The van der Waals surface area contributed by atoms with E-state index in [-0.39, 0.29) is 12.6 Å². The molecule has 31 heavy (non-hydrogen) atoms. The van der Waals surface area contributed by atoms with Crippen LogP contribution in [0.4, 0.5) is 5.95 Å². The van der Waals surface area contributed by atoms with E-state index >= 15 is 0 Å². The van der Waals surface area contributed by atoms with Crippen LogP contribution in [0.1, 0.15) is 18.0 Å². The number of ether oxygens (including phenoxy) is 2. The number of carboxylic acid groups (broad SMARTS) is 1. The van der Waals surface area contributed by atoms with Crippen molar-refractivity contribution in [3.05, 3.63) is 72.6 Å². The van der Waals surface area contributed by atoms with Gasteiger partial charge in [-0.1, -0.05) is 30.3 Å². The van der Waals surface area contributed by atoms with Crippen LogP contribution in [-0.2, 0) is 4.79 Å². The molecule has 0 aliphatic heterocycles. The summed E-state index contributed by atoms with van der Waals surface area (Å²) in [4.78, 5) is 21.4. The third-order valence-electron chi connectivity index (χ3n) is 4.63. The zero-order valence-corrected chi connectivity index (χ0v) is 17.6. The Kier molecular flexibility index (Phi) is 7.78. The van der Waals surface area contributed by atoms with Crippen LogP contribution in [0.3, 0.4) is 0 Å². The fraction of sp³-hybridized carbons (Fsp3) is 0.261. The zero-order chi connectivity index (χ0) is 22.1. The topological polar surface area (TPSA) is 96.8 Å². The zero-order valence-electron chi connectivity index (χ0n) is 17.6. The Balaban J connectivity index is 1.65. The van der Waals surface area contributed by atoms with E-state index in [9.17, 15) is 4.79 Å². The third kappa shape index (κ3) is 6.97. The standard InChI is InChI=1S/C23H26N4O4/c1-27(16-22(28)29)13-12-21(17-6-4-3-5-7-17)26-23-24-14-20(15-25-23)31-19-10-8-18(30-2)9-11-19/h3-11,14-15,21H,12-13,16H2,1-2H3,(H,28,29)(H,24,25,26). The van der Waals surface area contributed by atoms with Crippen molar-refractivity contribution in [1.29, 1.82) is 0 Å². The summed E-state index contributed by atoms with van der Waals surface area (Å²) in [7, 11) is 3.40. The lowest BCUT2D eigenvalue weighted by Crippen LogP contribution is -2.28. The van der Waals surface area contributed by atoms with Crippen LogP contribution in [0.2, 0.25) is 0 Å². The SMILES string of the molecule is COc1ccc(Oc2cnc(NC(CCN(C)CC(=O)O)c3ccccc3)nc2)cc1. The van der Waals surface area contributed by atoms with Gasteiger partial charge in [0.15, 0.2) is 5.75 Å². The lowest BCUT2D eigenvalue weighted by molar-refractivity contribution is -0.138. The van der Waals surface area contributed by atoms with Gasteiger partial charge in [-0.05, 0) is 43.3 Å². The molecule has 8 nitrogen and oxygen atoms in total. The summed E-state index contributed by atoms with van der Waals surface area (Å²) in [6.07, 6.45) is 3.91. The van der Waals surface area contributed by atoms with Crippen molar-refractivity contribution < 1.29 is 19.4 Å². The third-order valence-corrected chi connectivity index (χ3v) is 4.63. The molecule has 0 fully saturated rings. The molecule has 1 unspecified atom stereocenters. The number of carbonyl (C=O) groups is 1. The number of hydrogen-bond donors (Lipinski definition) is 2. The van der Waals surface area contributed by atoms with Crippen LogP contribution >= 0.6 is 0 Å². The summed E-state index contributed by atoms with van der Waals surface area (Å²) < 4.78 is 10.9. The number of rotatable bonds is 11. The maximum atomic E-state index is 10.9. The largest absolute Gasteiger partial charge is 0.497 e. The van der Waals surface area contributed by atoms with E-state index in [1.54, 1.807) is 31.5 Å². The average Bonchev–Trinajstić information content (AvgIpc) is 2.78. The van der Waals surface area contributed by atoms with Crippen molar-refractivity contribution in [3.63, 3.8) is 0 Å². The molecule has 3 rings (SSSR count). The Hall–Kier alpha value is -3.65. The number of aromatic nitrogens is 2. The van der Waals surface area contributed by atoms with E-state index in [4.69, 9.17) is 14.6 Å². The number of likely N-dealkylation sites (N-methyl/N-ethyl adjacent to an activating group) is 1. The number of methoxy groups -OCH3 is 1. The number of aliphatic carboxylic acids is 1. The molecule has 0 aliphatic rings. The molecule has 1 heterocycles. The number of anilines is 1. The van der Waals surface area contributed by atoms with Crippen LogP contribution in [0, 0.1) is 0 Å². The van der Waals surface area contributed by atoms with Crippen LogP contribution in [0.25, 0.3) is 0 Å². The minimum absolute atomic E-state index is 0.00456. The maximum Gasteiger partial charge on any atom is 0.317 e. The average molecular weight is 422 g/mol. The molecule has 0 amide bonds. The molecule has 0 bridgehead atoms. The second-order valence-electron chi connectivity index (χ2n) is 7.05. The van der Waals surface area contributed by atoms with Gasteiger partial charge in [0.1, 0.15) is 11.5 Å². The fourth-order valence-electron chi connectivity index (χ4n) is 3.05. The molecule has 1 atom stereocenters. The molecule has 3 aromatic rings. The van der Waals surface area contributed by atoms with Gasteiger partial charge in [0.2, 0.25) is 5.95 Å². The summed E-state index contributed by atoms with van der Waals surface area (Å²) in [6.45, 7) is 0.604. The summed E-state index contributed by atoms with van der Waals surface area (Å²) in [5.41, 5.74) is 1.08. The van der Waals surface area contributed by atoms with Crippen LogP contribution < -0.4 is 14.8 Å². The molecule has 0 saturated carbocycles. The van der Waals surface area contributed by atoms with Crippen molar-refractivity contribution in [3.8, 4) is 17.2 Å². The van der Waals surface area contributed by atoms with Crippen molar-refractivity contribution in [2.24, 2.45) is 0 Å². The van der Waals surface area contributed by atoms with Gasteiger partial charge < -0.3 is 19.9 Å². The van der Waals surface area contributed by atoms with E-state index in [0.29, 0.717) is 30.4 Å². The van der Waals surface area contributed by atoms with E-state index in [1.807, 2.05) is 54.6 Å². The lowest BCUT2D eigenvalue weighted by atomic mass is 10.0. The second-order valence-corrected chi connectivity index (χ2v) is 7.05. The summed E-state index contributed by atoms with van der Waals surface area (Å²) >= 11 is 0. The van der Waals surface area contributed by atoms with Crippen molar-refractivity contribution in [1.82, 2.24) is 14.9 Å². The normalized spacial score (nSPS) is 11.7. The predicted molar refractivity (Wildman–Crippen MR) is 118 cm³/mol. The molecular weight excluding hydrogens is 396 g/mol. The van der Waals surface area contributed by atoms with Gasteiger partial charge in [0.25, 0.3) is 0 Å². The fourth-order valence-corrected chi connectivity index (χ4v) is 3.05. The molecule has 162 valence electrons. The summed E-state index contributed by atoms with van der Waals surface area (Å²) in [5, 5.41) is 12.3. The van der Waals surface area contributed by atoms with Gasteiger partial charge in [0, 0.05) is 6.54 Å². The molecular formula is C23H26N4O4. The smallest absolute Gasteiger partial charge is 0.317 e. The monoisotopic (exact) mass is 422 g/mol. The summed E-state index contributed by atoms with van der Waals surface area (Å²) in [5.74, 6) is 1.56. The lowest BCUT2D eigenvalue weighted by Gasteiger charge is -2.22. The first kappa shape index (κ1) is 22.0. The van der Waals surface area contributed by atoms with Crippen LogP contribution in [0.15, 0.2) is 67.0 Å². The van der Waals surface area contributed by atoms with Crippen LogP contribution in [-0.4, -0.2) is 53.2 Å². The number of hydrogen-bond acceptors (Lipinski definition) is 7. The first-order chi connectivity index (χ1) is 15.0. The molecule has 0 radical (unpaired) electrons. The molecule has 0 spiro atoms. The molecule has 0 aliphatic carbocycles. The van der Waals surface area contributed by atoms with Gasteiger partial charge >= 0.3 is 5.97 Å². The Morgan fingerprint density at radius 3 is 2.29 bits per heavy atom. The quantitative estimate of drug-likeness (QED) is 0.481. The number of carboxylic acids is 1. The molecule has 0 saturated heterocycles. The molecule has 8 heteroatoms. The van der Waals surface area contributed by atoms with E-state index in [1.165, 1.54) is 0 Å². The first-order valence-corrected chi connectivity index (χ1v) is 9.89. The second kappa shape index (κ2) is 10.9. The van der Waals surface area contributed by atoms with Gasteiger partial charge in [-0.3, -0.25) is 9.69 Å². The van der Waals surface area contributed by atoms with Gasteiger partial charge in [-0.15, -0.1) is 0 Å². The Morgan fingerprint density at radius 1 is 1.03 bits per heavy atom. The predicted octanol–water partition coefficient (Wildman–Crippen LogP) is 3.84. The minimum atomic E-state index is -0.845. The molecule has 1 aromatic heterocycles. The maximum absolute atomic E-state index is 10.9. The van der Waals surface area contributed by atoms with Gasteiger partial charge in [-0.25, -0.2) is 9.97 Å². The summed E-state index contributed by atoms with van der Waals surface area (Å²) in [6, 6.07) is 17.1. The highest BCUT2D eigenvalue weighted by molar-refractivity contribution is 5.69. The van der Waals surface area contributed by atoms with Gasteiger partial charge in [-0.2, -0.15) is 0 Å². The van der Waals surface area contributed by atoms with Crippen molar-refractivity contribution >= 4 is 11.9 Å². The van der Waals surface area contributed by atoms with Crippen LogP contribution in [0.5, 0.6) is 17.2 Å². The highest BCUT2D eigenvalue weighted by Crippen LogP contribution is 2.25.